The summed E-state index contributed by atoms with van der Waals surface area (Å²) in [4.78, 5) is 13.0. The van der Waals surface area contributed by atoms with E-state index in [-0.39, 0.29) is 12.2 Å². The molecule has 1 aliphatic rings. The molecule has 1 aromatic carbocycles. The summed E-state index contributed by atoms with van der Waals surface area (Å²) in [6.45, 7) is 2.48. The van der Waals surface area contributed by atoms with Crippen molar-refractivity contribution in [3.05, 3.63) is 24.3 Å². The molecule has 0 radical (unpaired) electrons. The molecule has 1 fully saturated rings. The van der Waals surface area contributed by atoms with Crippen molar-refractivity contribution in [2.24, 2.45) is 0 Å². The second kappa shape index (κ2) is 3.81. The van der Waals surface area contributed by atoms with Gasteiger partial charge >= 0.3 is 6.09 Å². The second-order valence-corrected chi connectivity index (χ2v) is 3.50. The number of hydrogen-bond acceptors (Lipinski definition) is 3. The zero-order chi connectivity index (χ0) is 10.8. The van der Waals surface area contributed by atoms with Crippen molar-refractivity contribution >= 4 is 11.8 Å². The van der Waals surface area contributed by atoms with Gasteiger partial charge in [0.1, 0.15) is 11.9 Å². The van der Waals surface area contributed by atoms with Crippen molar-refractivity contribution in [1.29, 1.82) is 0 Å². The van der Waals surface area contributed by atoms with Crippen LogP contribution in [0.3, 0.4) is 0 Å². The lowest BCUT2D eigenvalue weighted by Gasteiger charge is -2.12. The molecule has 4 nitrogen and oxygen atoms in total. The Morgan fingerprint density at radius 1 is 1.40 bits per heavy atom. The fourth-order valence-corrected chi connectivity index (χ4v) is 1.58. The Morgan fingerprint density at radius 3 is 2.53 bits per heavy atom. The van der Waals surface area contributed by atoms with Crippen LogP contribution in [-0.2, 0) is 4.74 Å². The van der Waals surface area contributed by atoms with E-state index in [0.29, 0.717) is 6.54 Å². The summed E-state index contributed by atoms with van der Waals surface area (Å²) in [6, 6.07) is 7.34. The van der Waals surface area contributed by atoms with Crippen molar-refractivity contribution in [2.45, 2.75) is 13.0 Å². The molecule has 0 unspecified atom stereocenters. The maximum Gasteiger partial charge on any atom is 0.414 e. The Hall–Kier alpha value is -1.71. The smallest absolute Gasteiger partial charge is 0.414 e. The van der Waals surface area contributed by atoms with E-state index in [0.717, 1.165) is 11.4 Å². The third-order valence-corrected chi connectivity index (χ3v) is 2.35. The van der Waals surface area contributed by atoms with Crippen LogP contribution in [0, 0.1) is 0 Å². The summed E-state index contributed by atoms with van der Waals surface area (Å²) in [6.07, 6.45) is -0.327. The highest BCUT2D eigenvalue weighted by molar-refractivity contribution is 5.89. The highest BCUT2D eigenvalue weighted by atomic mass is 16.6. The highest BCUT2D eigenvalue weighted by Gasteiger charge is 2.29. The number of nitrogens with zero attached hydrogens (tertiary/aromatic N) is 1. The Labute approximate surface area is 88.4 Å². The quantitative estimate of drug-likeness (QED) is 0.744. The van der Waals surface area contributed by atoms with Gasteiger partial charge in [0.2, 0.25) is 0 Å². The maximum atomic E-state index is 11.4. The topological polar surface area (TPSA) is 38.8 Å². The summed E-state index contributed by atoms with van der Waals surface area (Å²) >= 11 is 0. The summed E-state index contributed by atoms with van der Waals surface area (Å²) in [5.74, 6) is 0.777. The lowest BCUT2D eigenvalue weighted by molar-refractivity contribution is 0.150. The molecular weight excluding hydrogens is 194 g/mol. The number of amides is 1. The predicted octanol–water partition coefficient (Wildman–Crippen LogP) is 2.04. The van der Waals surface area contributed by atoms with Crippen LogP contribution in [0.1, 0.15) is 6.92 Å². The second-order valence-electron chi connectivity index (χ2n) is 3.50. The van der Waals surface area contributed by atoms with Gasteiger partial charge in [-0.05, 0) is 31.2 Å². The Bertz CT molecular complexity index is 361. The molecule has 80 valence electrons. The van der Waals surface area contributed by atoms with E-state index in [4.69, 9.17) is 9.47 Å². The molecule has 0 N–H and O–H groups in total. The summed E-state index contributed by atoms with van der Waals surface area (Å²) in [5, 5.41) is 0. The van der Waals surface area contributed by atoms with Crippen molar-refractivity contribution in [2.75, 3.05) is 18.6 Å². The molecule has 0 aromatic heterocycles. The third-order valence-electron chi connectivity index (χ3n) is 2.35. The summed E-state index contributed by atoms with van der Waals surface area (Å²) < 4.78 is 10.1. The normalized spacial score (nSPS) is 20.3. The highest BCUT2D eigenvalue weighted by Crippen LogP contribution is 2.23. The van der Waals surface area contributed by atoms with Crippen LogP contribution in [0.5, 0.6) is 5.75 Å². The fourth-order valence-electron chi connectivity index (χ4n) is 1.58. The number of carbonyl (C=O) groups is 1. The zero-order valence-electron chi connectivity index (χ0n) is 8.77. The van der Waals surface area contributed by atoms with Gasteiger partial charge < -0.3 is 9.47 Å². The van der Waals surface area contributed by atoms with Crippen LogP contribution < -0.4 is 9.64 Å². The lowest BCUT2D eigenvalue weighted by atomic mass is 10.2. The van der Waals surface area contributed by atoms with E-state index in [1.165, 1.54) is 0 Å². The van der Waals surface area contributed by atoms with Crippen molar-refractivity contribution < 1.29 is 14.3 Å². The Kier molecular flexibility index (Phi) is 2.49. The van der Waals surface area contributed by atoms with Crippen LogP contribution in [-0.4, -0.2) is 25.9 Å². The number of rotatable bonds is 2. The average molecular weight is 207 g/mol. The molecule has 2 rings (SSSR count). The third kappa shape index (κ3) is 1.88. The fraction of sp³-hybridized carbons (Fsp3) is 0.364. The monoisotopic (exact) mass is 207 g/mol. The van der Waals surface area contributed by atoms with Crippen molar-refractivity contribution in [1.82, 2.24) is 0 Å². The van der Waals surface area contributed by atoms with E-state index >= 15 is 0 Å². The molecule has 0 aliphatic carbocycles. The predicted molar refractivity (Wildman–Crippen MR) is 56.3 cm³/mol. The van der Waals surface area contributed by atoms with Crippen LogP contribution in [0.15, 0.2) is 24.3 Å². The first-order chi connectivity index (χ1) is 7.20. The molecule has 1 saturated heterocycles. The van der Waals surface area contributed by atoms with Gasteiger partial charge in [-0.2, -0.15) is 0 Å². The molecule has 1 amide bonds. The number of hydrogen-bond donors (Lipinski definition) is 0. The largest absolute Gasteiger partial charge is 0.497 e. The van der Waals surface area contributed by atoms with Crippen LogP contribution in [0.4, 0.5) is 10.5 Å². The SMILES string of the molecule is COc1ccc(N2C[C@H](C)OC2=O)cc1. The Morgan fingerprint density at radius 2 is 2.07 bits per heavy atom. The van der Waals surface area contributed by atoms with Gasteiger partial charge in [0.25, 0.3) is 0 Å². The molecule has 0 saturated carbocycles. The molecule has 4 heteroatoms. The average Bonchev–Trinajstić information content (AvgIpc) is 2.58. The van der Waals surface area contributed by atoms with Gasteiger partial charge in [0.05, 0.1) is 13.7 Å². The summed E-state index contributed by atoms with van der Waals surface area (Å²) in [7, 11) is 1.61. The molecule has 1 atom stereocenters. The number of cyclic esters (lactones) is 1. The van der Waals surface area contributed by atoms with Crippen LogP contribution in [0.2, 0.25) is 0 Å². The lowest BCUT2D eigenvalue weighted by Crippen LogP contribution is -2.23. The maximum absolute atomic E-state index is 11.4. The molecule has 1 aliphatic heterocycles. The molecule has 1 aromatic rings. The number of anilines is 1. The first-order valence-electron chi connectivity index (χ1n) is 4.83. The molecular formula is C11H13NO3. The number of ether oxygens (including phenoxy) is 2. The van der Waals surface area contributed by atoms with Crippen molar-refractivity contribution in [3.8, 4) is 5.75 Å². The molecule has 1 heterocycles. The van der Waals surface area contributed by atoms with Gasteiger partial charge in [0, 0.05) is 5.69 Å². The number of carbonyl (C=O) groups excluding carboxylic acids is 1. The van der Waals surface area contributed by atoms with Crippen molar-refractivity contribution in [3.63, 3.8) is 0 Å². The van der Waals surface area contributed by atoms with Gasteiger partial charge in [0.15, 0.2) is 0 Å². The first-order valence-corrected chi connectivity index (χ1v) is 4.83. The summed E-state index contributed by atoms with van der Waals surface area (Å²) in [5.41, 5.74) is 0.838. The van der Waals surface area contributed by atoms with Gasteiger partial charge in [-0.25, -0.2) is 4.79 Å². The van der Waals surface area contributed by atoms with E-state index in [1.807, 2.05) is 31.2 Å². The van der Waals surface area contributed by atoms with Crippen LogP contribution in [0.25, 0.3) is 0 Å². The zero-order valence-corrected chi connectivity index (χ0v) is 8.77. The first kappa shape index (κ1) is 9.83. The van der Waals surface area contributed by atoms with E-state index in [1.54, 1.807) is 12.0 Å². The van der Waals surface area contributed by atoms with E-state index in [9.17, 15) is 4.79 Å². The minimum Gasteiger partial charge on any atom is -0.497 e. The van der Waals surface area contributed by atoms with E-state index in [2.05, 4.69) is 0 Å². The minimum atomic E-state index is -0.285. The Balaban J connectivity index is 2.19. The molecule has 0 bridgehead atoms. The number of benzene rings is 1. The number of methoxy groups -OCH3 is 1. The van der Waals surface area contributed by atoms with Gasteiger partial charge in [-0.15, -0.1) is 0 Å². The molecule has 15 heavy (non-hydrogen) atoms. The van der Waals surface area contributed by atoms with Gasteiger partial charge in [-0.1, -0.05) is 0 Å². The molecule has 0 spiro atoms. The van der Waals surface area contributed by atoms with E-state index < -0.39 is 0 Å². The minimum absolute atomic E-state index is 0.0420. The van der Waals surface area contributed by atoms with Gasteiger partial charge in [-0.3, -0.25) is 4.90 Å². The standard InChI is InChI=1S/C11H13NO3/c1-8-7-12(11(13)15-8)9-3-5-10(14-2)6-4-9/h3-6,8H,7H2,1-2H3/t8-/m0/s1. The van der Waals surface area contributed by atoms with Crippen LogP contribution >= 0.6 is 0 Å².